The molecule has 0 aromatic heterocycles. The van der Waals surface area contributed by atoms with Gasteiger partial charge in [0, 0.05) is 26.2 Å². The van der Waals surface area contributed by atoms with Crippen molar-refractivity contribution in [2.24, 2.45) is 0 Å². The minimum Gasteiger partial charge on any atom is -0.497 e. The molecule has 0 unspecified atom stereocenters. The number of hydrogen-bond donors (Lipinski definition) is 0. The summed E-state index contributed by atoms with van der Waals surface area (Å²) in [5.74, 6) is 0.836. The number of sulfonamides is 1. The summed E-state index contributed by atoms with van der Waals surface area (Å²) < 4.78 is 37.6. The molecule has 0 spiro atoms. The zero-order chi connectivity index (χ0) is 19.3. The molecule has 2 aromatic carbocycles. The maximum Gasteiger partial charge on any atom is 0.243 e. The SMILES string of the molecule is COc1ccc(CN(C)Cc2cccc(S(=O)(=O)N3CCOCC3)c2)cc1. The molecule has 0 aliphatic carbocycles. The molecule has 1 fully saturated rings. The summed E-state index contributed by atoms with van der Waals surface area (Å²) in [5, 5.41) is 0. The van der Waals surface area contributed by atoms with Crippen LogP contribution in [0.5, 0.6) is 5.75 Å². The molecule has 1 aliphatic heterocycles. The topological polar surface area (TPSA) is 59.1 Å². The zero-order valence-corrected chi connectivity index (χ0v) is 16.6. The van der Waals surface area contributed by atoms with Crippen LogP contribution in [0, 0.1) is 0 Å². The van der Waals surface area contributed by atoms with Crippen LogP contribution < -0.4 is 4.74 Å². The standard InChI is InChI=1S/C20H26N2O4S/c1-21(15-17-6-8-19(25-2)9-7-17)16-18-4-3-5-20(14-18)27(23,24)22-10-12-26-13-11-22/h3-9,14H,10-13,15-16H2,1-2H3. The van der Waals surface area contributed by atoms with Crippen molar-refractivity contribution < 1.29 is 17.9 Å². The van der Waals surface area contributed by atoms with Crippen LogP contribution in [0.2, 0.25) is 0 Å². The van der Waals surface area contributed by atoms with Gasteiger partial charge in [0.1, 0.15) is 5.75 Å². The van der Waals surface area contributed by atoms with E-state index in [2.05, 4.69) is 4.90 Å². The lowest BCUT2D eigenvalue weighted by molar-refractivity contribution is 0.0730. The second-order valence-corrected chi connectivity index (χ2v) is 8.62. The van der Waals surface area contributed by atoms with Gasteiger partial charge in [0.25, 0.3) is 0 Å². The lowest BCUT2D eigenvalue weighted by atomic mass is 10.2. The molecule has 1 heterocycles. The van der Waals surface area contributed by atoms with E-state index in [-0.39, 0.29) is 0 Å². The third kappa shape index (κ3) is 5.07. The van der Waals surface area contributed by atoms with Gasteiger partial charge < -0.3 is 9.47 Å². The van der Waals surface area contributed by atoms with Gasteiger partial charge in [-0.1, -0.05) is 24.3 Å². The molecular formula is C20H26N2O4S. The Labute approximate surface area is 161 Å². The molecule has 0 radical (unpaired) electrons. The quantitative estimate of drug-likeness (QED) is 0.726. The van der Waals surface area contributed by atoms with Gasteiger partial charge in [-0.15, -0.1) is 0 Å². The van der Waals surface area contributed by atoms with Crippen molar-refractivity contribution in [1.82, 2.24) is 9.21 Å². The van der Waals surface area contributed by atoms with Gasteiger partial charge in [-0.25, -0.2) is 8.42 Å². The largest absolute Gasteiger partial charge is 0.497 e. The Morgan fingerprint density at radius 3 is 2.37 bits per heavy atom. The Hall–Kier alpha value is -1.93. The molecule has 0 N–H and O–H groups in total. The lowest BCUT2D eigenvalue weighted by Gasteiger charge is -2.26. The fourth-order valence-corrected chi connectivity index (χ4v) is 4.63. The van der Waals surface area contributed by atoms with Crippen molar-refractivity contribution in [3.05, 3.63) is 59.7 Å². The van der Waals surface area contributed by atoms with Gasteiger partial charge in [0.15, 0.2) is 0 Å². The first-order valence-electron chi connectivity index (χ1n) is 8.97. The molecular weight excluding hydrogens is 364 g/mol. The summed E-state index contributed by atoms with van der Waals surface area (Å²) in [6, 6.07) is 15.2. The Balaban J connectivity index is 1.67. The molecule has 6 nitrogen and oxygen atoms in total. The third-order valence-electron chi connectivity index (χ3n) is 4.57. The fourth-order valence-electron chi connectivity index (χ4n) is 3.15. The normalized spacial score (nSPS) is 15.8. The third-order valence-corrected chi connectivity index (χ3v) is 6.46. The van der Waals surface area contributed by atoms with Crippen LogP contribution in [0.25, 0.3) is 0 Å². The minimum absolute atomic E-state index is 0.347. The Morgan fingerprint density at radius 2 is 1.70 bits per heavy atom. The van der Waals surface area contributed by atoms with E-state index >= 15 is 0 Å². The Bertz CT molecular complexity index is 847. The van der Waals surface area contributed by atoms with Crippen LogP contribution in [-0.2, 0) is 27.8 Å². The van der Waals surface area contributed by atoms with Gasteiger partial charge in [-0.3, -0.25) is 4.90 Å². The molecule has 0 saturated carbocycles. The predicted molar refractivity (Wildman–Crippen MR) is 104 cm³/mol. The maximum absolute atomic E-state index is 12.8. The molecule has 0 atom stereocenters. The summed E-state index contributed by atoms with van der Waals surface area (Å²) in [6.45, 7) is 3.14. The summed E-state index contributed by atoms with van der Waals surface area (Å²) in [7, 11) is 0.207. The summed E-state index contributed by atoms with van der Waals surface area (Å²) >= 11 is 0. The highest BCUT2D eigenvalue weighted by molar-refractivity contribution is 7.89. The first-order chi connectivity index (χ1) is 13.0. The molecule has 0 bridgehead atoms. The van der Waals surface area contributed by atoms with Crippen molar-refractivity contribution in [1.29, 1.82) is 0 Å². The number of hydrogen-bond acceptors (Lipinski definition) is 5. The molecule has 2 aromatic rings. The second-order valence-electron chi connectivity index (χ2n) is 6.68. The van der Waals surface area contributed by atoms with E-state index in [4.69, 9.17) is 9.47 Å². The molecule has 27 heavy (non-hydrogen) atoms. The number of methoxy groups -OCH3 is 1. The highest BCUT2D eigenvalue weighted by atomic mass is 32.2. The molecule has 0 amide bonds. The van der Waals surface area contributed by atoms with Crippen molar-refractivity contribution in [3.8, 4) is 5.75 Å². The molecule has 3 rings (SSSR count). The Kier molecular flexibility index (Phi) is 6.49. The van der Waals surface area contributed by atoms with E-state index in [1.165, 1.54) is 9.87 Å². The van der Waals surface area contributed by atoms with E-state index in [0.29, 0.717) is 37.7 Å². The van der Waals surface area contributed by atoms with E-state index < -0.39 is 10.0 Å². The average molecular weight is 391 g/mol. The summed E-state index contributed by atoms with van der Waals surface area (Å²) in [4.78, 5) is 2.50. The second kappa shape index (κ2) is 8.84. The highest BCUT2D eigenvalue weighted by Crippen LogP contribution is 2.20. The van der Waals surface area contributed by atoms with Gasteiger partial charge in [-0.05, 0) is 42.4 Å². The molecule has 7 heteroatoms. The highest BCUT2D eigenvalue weighted by Gasteiger charge is 2.26. The van der Waals surface area contributed by atoms with E-state index in [9.17, 15) is 8.42 Å². The Morgan fingerprint density at radius 1 is 1.04 bits per heavy atom. The van der Waals surface area contributed by atoms with Crippen LogP contribution in [0.4, 0.5) is 0 Å². The van der Waals surface area contributed by atoms with Gasteiger partial charge in [0.05, 0.1) is 25.2 Å². The van der Waals surface area contributed by atoms with Gasteiger partial charge in [0.2, 0.25) is 10.0 Å². The minimum atomic E-state index is -3.47. The van der Waals surface area contributed by atoms with Crippen molar-refractivity contribution >= 4 is 10.0 Å². The summed E-state index contributed by atoms with van der Waals surface area (Å²) in [5.41, 5.74) is 2.15. The molecule has 1 aliphatic rings. The van der Waals surface area contributed by atoms with Crippen LogP contribution in [0.15, 0.2) is 53.4 Å². The number of ether oxygens (including phenoxy) is 2. The maximum atomic E-state index is 12.8. The first-order valence-corrected chi connectivity index (χ1v) is 10.4. The van der Waals surface area contributed by atoms with E-state index in [1.54, 1.807) is 19.2 Å². The number of rotatable bonds is 7. The fraction of sp³-hybridized carbons (Fsp3) is 0.400. The summed E-state index contributed by atoms with van der Waals surface area (Å²) in [6.07, 6.45) is 0. The van der Waals surface area contributed by atoms with Crippen molar-refractivity contribution in [2.75, 3.05) is 40.5 Å². The monoisotopic (exact) mass is 390 g/mol. The predicted octanol–water partition coefficient (Wildman–Crippen LogP) is 2.35. The van der Waals surface area contributed by atoms with Crippen molar-refractivity contribution in [2.45, 2.75) is 18.0 Å². The first kappa shape index (κ1) is 19.8. The average Bonchev–Trinajstić information content (AvgIpc) is 2.69. The van der Waals surface area contributed by atoms with E-state index in [1.807, 2.05) is 43.4 Å². The van der Waals surface area contributed by atoms with Crippen LogP contribution in [-0.4, -0.2) is 58.1 Å². The smallest absolute Gasteiger partial charge is 0.243 e. The van der Waals surface area contributed by atoms with Crippen molar-refractivity contribution in [3.63, 3.8) is 0 Å². The number of morpholine rings is 1. The number of benzene rings is 2. The van der Waals surface area contributed by atoms with Gasteiger partial charge >= 0.3 is 0 Å². The zero-order valence-electron chi connectivity index (χ0n) is 15.8. The molecule has 146 valence electrons. The van der Waals surface area contributed by atoms with Crippen LogP contribution in [0.1, 0.15) is 11.1 Å². The molecule has 1 saturated heterocycles. The lowest BCUT2D eigenvalue weighted by Crippen LogP contribution is -2.40. The van der Waals surface area contributed by atoms with E-state index in [0.717, 1.165) is 17.9 Å². The van der Waals surface area contributed by atoms with Crippen LogP contribution in [0.3, 0.4) is 0 Å². The number of nitrogens with zero attached hydrogens (tertiary/aromatic N) is 2. The van der Waals surface area contributed by atoms with Gasteiger partial charge in [-0.2, -0.15) is 4.31 Å². The van der Waals surface area contributed by atoms with Crippen LogP contribution >= 0.6 is 0 Å².